The SMILES string of the molecule is Nc1cc(C(CCNC2Cc3ccccc3C2)c2ccccc2)c2n[nH]nc2n1. The van der Waals surface area contributed by atoms with E-state index >= 15 is 0 Å². The summed E-state index contributed by atoms with van der Waals surface area (Å²) in [6.07, 6.45) is 3.14. The first-order valence-electron chi connectivity index (χ1n) is 10.1. The molecule has 0 radical (unpaired) electrons. The molecule has 6 nitrogen and oxygen atoms in total. The third kappa shape index (κ3) is 3.59. The van der Waals surface area contributed by atoms with Crippen LogP contribution in [0.15, 0.2) is 60.7 Å². The minimum Gasteiger partial charge on any atom is -0.384 e. The van der Waals surface area contributed by atoms with Crippen LogP contribution in [0.3, 0.4) is 0 Å². The zero-order valence-electron chi connectivity index (χ0n) is 16.2. The molecule has 6 heteroatoms. The number of nitrogen functional groups attached to an aromatic ring is 1. The van der Waals surface area contributed by atoms with Gasteiger partial charge in [-0.2, -0.15) is 10.3 Å². The highest BCUT2D eigenvalue weighted by Crippen LogP contribution is 2.32. The van der Waals surface area contributed by atoms with E-state index in [1.807, 2.05) is 12.1 Å². The van der Waals surface area contributed by atoms with E-state index < -0.39 is 0 Å². The summed E-state index contributed by atoms with van der Waals surface area (Å²) >= 11 is 0. The fraction of sp³-hybridized carbons (Fsp3) is 0.261. The van der Waals surface area contributed by atoms with Crippen LogP contribution in [0, 0.1) is 0 Å². The summed E-state index contributed by atoms with van der Waals surface area (Å²) in [6, 6.07) is 21.7. The Balaban J connectivity index is 1.37. The molecule has 0 saturated carbocycles. The van der Waals surface area contributed by atoms with Crippen LogP contribution in [0.1, 0.15) is 34.6 Å². The minimum absolute atomic E-state index is 0.172. The van der Waals surface area contributed by atoms with E-state index in [-0.39, 0.29) is 5.92 Å². The lowest BCUT2D eigenvalue weighted by Gasteiger charge is -2.20. The normalized spacial score (nSPS) is 14.9. The number of nitrogens with two attached hydrogens (primary N) is 1. The number of hydrogen-bond acceptors (Lipinski definition) is 5. The molecule has 1 aliphatic rings. The molecule has 0 fully saturated rings. The molecule has 1 aliphatic carbocycles. The van der Waals surface area contributed by atoms with E-state index in [0.717, 1.165) is 36.9 Å². The Hall–Kier alpha value is -3.25. The topological polar surface area (TPSA) is 92.5 Å². The summed E-state index contributed by atoms with van der Waals surface area (Å²) < 4.78 is 0. The van der Waals surface area contributed by atoms with Gasteiger partial charge in [-0.15, -0.1) is 5.10 Å². The number of anilines is 1. The molecular formula is C23H24N6. The molecule has 0 spiro atoms. The maximum Gasteiger partial charge on any atom is 0.203 e. The van der Waals surface area contributed by atoms with Crippen LogP contribution in [-0.4, -0.2) is 33.0 Å². The van der Waals surface area contributed by atoms with Gasteiger partial charge in [0.15, 0.2) is 0 Å². The van der Waals surface area contributed by atoms with Crippen LogP contribution in [0.5, 0.6) is 0 Å². The molecule has 2 aromatic carbocycles. The van der Waals surface area contributed by atoms with Crippen molar-refractivity contribution >= 4 is 17.0 Å². The van der Waals surface area contributed by atoms with Crippen LogP contribution >= 0.6 is 0 Å². The van der Waals surface area contributed by atoms with Crippen molar-refractivity contribution in [1.29, 1.82) is 0 Å². The molecule has 0 bridgehead atoms. The fourth-order valence-electron chi connectivity index (χ4n) is 4.47. The summed E-state index contributed by atoms with van der Waals surface area (Å²) in [5.74, 6) is 0.645. The van der Waals surface area contributed by atoms with Gasteiger partial charge in [0.1, 0.15) is 11.3 Å². The summed E-state index contributed by atoms with van der Waals surface area (Å²) in [5, 5.41) is 14.9. The molecule has 146 valence electrons. The van der Waals surface area contributed by atoms with Gasteiger partial charge in [0.25, 0.3) is 0 Å². The maximum absolute atomic E-state index is 6.07. The van der Waals surface area contributed by atoms with E-state index in [9.17, 15) is 0 Å². The largest absolute Gasteiger partial charge is 0.384 e. The van der Waals surface area contributed by atoms with Gasteiger partial charge in [0.05, 0.1) is 0 Å². The molecular weight excluding hydrogens is 360 g/mol. The van der Waals surface area contributed by atoms with E-state index in [1.165, 1.54) is 16.7 Å². The first-order chi connectivity index (χ1) is 14.3. The highest BCUT2D eigenvalue weighted by Gasteiger charge is 2.23. The Morgan fingerprint density at radius 2 is 1.72 bits per heavy atom. The molecule has 1 unspecified atom stereocenters. The number of aromatic nitrogens is 4. The highest BCUT2D eigenvalue weighted by molar-refractivity contribution is 5.77. The van der Waals surface area contributed by atoms with Gasteiger partial charge in [-0.3, -0.25) is 0 Å². The van der Waals surface area contributed by atoms with Gasteiger partial charge >= 0.3 is 0 Å². The van der Waals surface area contributed by atoms with E-state index in [0.29, 0.717) is 17.5 Å². The summed E-state index contributed by atoms with van der Waals surface area (Å²) in [4.78, 5) is 4.30. The molecule has 4 aromatic rings. The predicted molar refractivity (Wildman–Crippen MR) is 115 cm³/mol. The van der Waals surface area contributed by atoms with Crippen LogP contribution in [0.25, 0.3) is 11.2 Å². The molecule has 1 atom stereocenters. The summed E-state index contributed by atoms with van der Waals surface area (Å²) in [6.45, 7) is 0.916. The average Bonchev–Trinajstić information content (AvgIpc) is 3.37. The number of nitrogens with zero attached hydrogens (tertiary/aromatic N) is 3. The number of benzene rings is 2. The predicted octanol–water partition coefficient (Wildman–Crippen LogP) is 3.21. The Bertz CT molecular complexity index is 1100. The van der Waals surface area contributed by atoms with Gasteiger partial charge in [-0.25, -0.2) is 4.98 Å². The number of nitrogens with one attached hydrogen (secondary N) is 2. The van der Waals surface area contributed by atoms with Crippen molar-refractivity contribution < 1.29 is 0 Å². The van der Waals surface area contributed by atoms with Gasteiger partial charge in [-0.05, 0) is 54.1 Å². The van der Waals surface area contributed by atoms with Crippen molar-refractivity contribution in [2.75, 3.05) is 12.3 Å². The van der Waals surface area contributed by atoms with Gasteiger partial charge < -0.3 is 11.1 Å². The Morgan fingerprint density at radius 3 is 2.48 bits per heavy atom. The molecule has 29 heavy (non-hydrogen) atoms. The van der Waals surface area contributed by atoms with Crippen molar-refractivity contribution in [3.8, 4) is 0 Å². The van der Waals surface area contributed by atoms with Gasteiger partial charge in [0.2, 0.25) is 5.65 Å². The van der Waals surface area contributed by atoms with Gasteiger partial charge in [0, 0.05) is 12.0 Å². The first kappa shape index (κ1) is 17.8. The number of fused-ring (bicyclic) bond motifs is 2. The Morgan fingerprint density at radius 1 is 1.00 bits per heavy atom. The number of rotatable bonds is 6. The maximum atomic E-state index is 6.07. The third-order valence-corrected chi connectivity index (χ3v) is 5.84. The lowest BCUT2D eigenvalue weighted by Crippen LogP contribution is -2.31. The lowest BCUT2D eigenvalue weighted by atomic mass is 9.88. The molecule has 2 aromatic heterocycles. The average molecular weight is 384 g/mol. The second kappa shape index (κ2) is 7.64. The quantitative estimate of drug-likeness (QED) is 0.475. The smallest absolute Gasteiger partial charge is 0.203 e. The second-order valence-corrected chi connectivity index (χ2v) is 7.71. The Kier molecular flexibility index (Phi) is 4.69. The molecule has 5 rings (SSSR count). The van der Waals surface area contributed by atoms with E-state index in [2.05, 4.69) is 74.2 Å². The highest BCUT2D eigenvalue weighted by atomic mass is 15.3. The van der Waals surface area contributed by atoms with Crippen LogP contribution < -0.4 is 11.1 Å². The van der Waals surface area contributed by atoms with Crippen LogP contribution in [-0.2, 0) is 12.8 Å². The molecule has 2 heterocycles. The van der Waals surface area contributed by atoms with Gasteiger partial charge in [-0.1, -0.05) is 54.6 Å². The number of pyridine rings is 1. The second-order valence-electron chi connectivity index (χ2n) is 7.71. The van der Waals surface area contributed by atoms with Crippen molar-refractivity contribution in [2.45, 2.75) is 31.2 Å². The van der Waals surface area contributed by atoms with Crippen molar-refractivity contribution in [2.24, 2.45) is 0 Å². The van der Waals surface area contributed by atoms with Crippen molar-refractivity contribution in [3.05, 3.63) is 82.9 Å². The van der Waals surface area contributed by atoms with Crippen LogP contribution in [0.4, 0.5) is 5.82 Å². The third-order valence-electron chi connectivity index (χ3n) is 5.84. The number of hydrogen-bond donors (Lipinski definition) is 3. The lowest BCUT2D eigenvalue weighted by molar-refractivity contribution is 0.510. The zero-order chi connectivity index (χ0) is 19.6. The van der Waals surface area contributed by atoms with Crippen LogP contribution in [0.2, 0.25) is 0 Å². The van der Waals surface area contributed by atoms with E-state index in [4.69, 9.17) is 5.73 Å². The number of H-pyrrole nitrogens is 1. The van der Waals surface area contributed by atoms with Crippen molar-refractivity contribution in [1.82, 2.24) is 25.7 Å². The standard InChI is InChI=1S/C23H24N6/c24-21-14-20(22-23(26-21)28-29-27-22)19(15-6-2-1-3-7-15)10-11-25-18-12-16-8-4-5-9-17(16)13-18/h1-9,14,18-19,25H,10-13H2,(H3,24,26,27,28,29). The Labute approximate surface area is 169 Å². The molecule has 0 aliphatic heterocycles. The molecule has 0 saturated heterocycles. The van der Waals surface area contributed by atoms with Crippen molar-refractivity contribution in [3.63, 3.8) is 0 Å². The minimum atomic E-state index is 0.172. The first-order valence-corrected chi connectivity index (χ1v) is 10.1. The fourth-order valence-corrected chi connectivity index (χ4v) is 4.47. The zero-order valence-corrected chi connectivity index (χ0v) is 16.2. The summed E-state index contributed by atoms with van der Waals surface area (Å²) in [5.41, 5.74) is 12.7. The van der Waals surface area contributed by atoms with E-state index in [1.54, 1.807) is 0 Å². The molecule has 4 N–H and O–H groups in total. The molecule has 0 amide bonds. The monoisotopic (exact) mass is 384 g/mol. The number of aromatic amines is 1. The summed E-state index contributed by atoms with van der Waals surface area (Å²) in [7, 11) is 0.